The Morgan fingerprint density at radius 1 is 1.25 bits per heavy atom. The van der Waals surface area contributed by atoms with Gasteiger partial charge in [0.15, 0.2) is 0 Å². The summed E-state index contributed by atoms with van der Waals surface area (Å²) in [4.78, 5) is 2.69. The maximum atomic E-state index is 3.70. The summed E-state index contributed by atoms with van der Waals surface area (Å²) >= 11 is 4.30. The van der Waals surface area contributed by atoms with E-state index < -0.39 is 0 Å². The van der Waals surface area contributed by atoms with Gasteiger partial charge in [-0.3, -0.25) is 4.90 Å². The predicted octanol–water partition coefficient (Wildman–Crippen LogP) is 2.87. The number of piperazine rings is 1. The van der Waals surface area contributed by atoms with E-state index in [2.05, 4.69) is 71.0 Å². The summed E-state index contributed by atoms with van der Waals surface area (Å²) in [5, 5.41) is 4.52. The smallest absolute Gasteiger partial charge is 0.0449 e. The van der Waals surface area contributed by atoms with Crippen LogP contribution in [0.4, 0.5) is 0 Å². The number of nitrogens with zero attached hydrogens (tertiary/aromatic N) is 1. The van der Waals surface area contributed by atoms with E-state index in [1.807, 2.05) is 0 Å². The van der Waals surface area contributed by atoms with Crippen molar-refractivity contribution in [1.82, 2.24) is 10.2 Å². The molecule has 1 aromatic rings. The second-order valence-corrected chi connectivity index (χ2v) is 8.30. The van der Waals surface area contributed by atoms with Crippen LogP contribution in [0.15, 0.2) is 30.3 Å². The van der Waals surface area contributed by atoms with E-state index in [1.54, 1.807) is 0 Å². The van der Waals surface area contributed by atoms with Crippen molar-refractivity contribution in [3.63, 3.8) is 0 Å². The molecule has 0 saturated carbocycles. The monoisotopic (exact) mass is 308 g/mol. The second kappa shape index (κ2) is 7.21. The Balaban J connectivity index is 1.61. The van der Waals surface area contributed by atoms with Crippen LogP contribution in [0.5, 0.6) is 0 Å². The third-order valence-electron chi connectivity index (χ3n) is 4.23. The molecule has 0 aliphatic carbocycles. The molecule has 2 heterocycles. The number of hydrogen-bond acceptors (Lipinski definition) is 4. The lowest BCUT2D eigenvalue weighted by Crippen LogP contribution is -2.53. The Morgan fingerprint density at radius 2 is 2.10 bits per heavy atom. The first kappa shape index (κ1) is 14.8. The van der Waals surface area contributed by atoms with E-state index in [1.165, 1.54) is 29.4 Å². The van der Waals surface area contributed by atoms with Crippen molar-refractivity contribution in [1.29, 1.82) is 0 Å². The Labute approximate surface area is 131 Å². The lowest BCUT2D eigenvalue weighted by molar-refractivity contribution is 0.143. The van der Waals surface area contributed by atoms with Gasteiger partial charge in [0.1, 0.15) is 0 Å². The average molecular weight is 309 g/mol. The van der Waals surface area contributed by atoms with Gasteiger partial charge in [-0.05, 0) is 12.5 Å². The van der Waals surface area contributed by atoms with Crippen LogP contribution >= 0.6 is 23.5 Å². The molecule has 1 aromatic carbocycles. The van der Waals surface area contributed by atoms with Gasteiger partial charge in [0, 0.05) is 54.2 Å². The number of hydrogen-bond donors (Lipinski definition) is 1. The summed E-state index contributed by atoms with van der Waals surface area (Å²) in [7, 11) is 0. The largest absolute Gasteiger partial charge is 0.307 e. The molecule has 0 aromatic heterocycles. The zero-order valence-electron chi connectivity index (χ0n) is 12.1. The second-order valence-electron chi connectivity index (χ2n) is 5.74. The predicted molar refractivity (Wildman–Crippen MR) is 91.8 cm³/mol. The molecule has 110 valence electrons. The number of benzene rings is 1. The summed E-state index contributed by atoms with van der Waals surface area (Å²) in [5.74, 6) is 4.00. The molecule has 2 aliphatic rings. The zero-order valence-corrected chi connectivity index (χ0v) is 13.8. The fraction of sp³-hybridized carbons (Fsp3) is 0.625. The van der Waals surface area contributed by atoms with Crippen molar-refractivity contribution >= 4 is 23.5 Å². The topological polar surface area (TPSA) is 15.3 Å². The fourth-order valence-corrected chi connectivity index (χ4v) is 5.68. The van der Waals surface area contributed by atoms with Gasteiger partial charge < -0.3 is 5.32 Å². The molecule has 3 atom stereocenters. The Kier molecular flexibility index (Phi) is 5.32. The highest BCUT2D eigenvalue weighted by molar-refractivity contribution is 8.06. The van der Waals surface area contributed by atoms with Gasteiger partial charge in [0.05, 0.1) is 0 Å². The maximum absolute atomic E-state index is 3.70. The standard InChI is InChI=1S/C16H24N2S2/c1-13-9-17-16(14-5-3-2-4-6-14)11-18(13)10-15-12-19-7-8-20-15/h2-6,13,15-17H,7-12H2,1H3. The molecule has 20 heavy (non-hydrogen) atoms. The van der Waals surface area contributed by atoms with Crippen LogP contribution in [0.2, 0.25) is 0 Å². The Morgan fingerprint density at radius 3 is 2.85 bits per heavy atom. The lowest BCUT2D eigenvalue weighted by Gasteiger charge is -2.41. The zero-order chi connectivity index (χ0) is 13.8. The summed E-state index contributed by atoms with van der Waals surface area (Å²) < 4.78 is 0. The average Bonchev–Trinajstić information content (AvgIpc) is 2.51. The van der Waals surface area contributed by atoms with Crippen molar-refractivity contribution < 1.29 is 0 Å². The number of nitrogens with one attached hydrogen (secondary N) is 1. The van der Waals surface area contributed by atoms with Crippen molar-refractivity contribution in [3.8, 4) is 0 Å². The van der Waals surface area contributed by atoms with Gasteiger partial charge in [0.2, 0.25) is 0 Å². The van der Waals surface area contributed by atoms with Crippen molar-refractivity contribution in [2.24, 2.45) is 0 Å². The molecular formula is C16H24N2S2. The van der Waals surface area contributed by atoms with Gasteiger partial charge in [-0.1, -0.05) is 30.3 Å². The molecule has 0 radical (unpaired) electrons. The van der Waals surface area contributed by atoms with E-state index in [0.717, 1.165) is 18.3 Å². The highest BCUT2D eigenvalue weighted by Gasteiger charge is 2.28. The van der Waals surface area contributed by atoms with Crippen LogP contribution in [0.3, 0.4) is 0 Å². The molecule has 3 unspecified atom stereocenters. The third kappa shape index (κ3) is 3.73. The third-order valence-corrected chi connectivity index (χ3v) is 7.05. The highest BCUT2D eigenvalue weighted by Crippen LogP contribution is 2.27. The van der Waals surface area contributed by atoms with Gasteiger partial charge >= 0.3 is 0 Å². The molecule has 0 spiro atoms. The maximum Gasteiger partial charge on any atom is 0.0449 e. The van der Waals surface area contributed by atoms with Crippen LogP contribution in [0.25, 0.3) is 0 Å². The lowest BCUT2D eigenvalue weighted by atomic mass is 10.0. The van der Waals surface area contributed by atoms with Crippen molar-refractivity contribution in [2.45, 2.75) is 24.3 Å². The van der Waals surface area contributed by atoms with E-state index in [4.69, 9.17) is 0 Å². The Bertz CT molecular complexity index is 406. The molecular weight excluding hydrogens is 284 g/mol. The minimum absolute atomic E-state index is 0.494. The van der Waals surface area contributed by atoms with E-state index in [0.29, 0.717) is 12.1 Å². The minimum Gasteiger partial charge on any atom is -0.307 e. The van der Waals surface area contributed by atoms with E-state index in [-0.39, 0.29) is 0 Å². The fourth-order valence-electron chi connectivity index (χ4n) is 2.99. The van der Waals surface area contributed by atoms with E-state index >= 15 is 0 Å². The summed E-state index contributed by atoms with van der Waals surface area (Å²) in [6, 6.07) is 12.0. The molecule has 2 fully saturated rings. The van der Waals surface area contributed by atoms with Crippen LogP contribution in [0, 0.1) is 0 Å². The normalized spacial score (nSPS) is 32.1. The summed E-state index contributed by atoms with van der Waals surface area (Å²) in [6.45, 7) is 5.86. The van der Waals surface area contributed by atoms with Crippen LogP contribution in [-0.4, -0.2) is 53.1 Å². The molecule has 2 saturated heterocycles. The SMILES string of the molecule is CC1CNC(c2ccccc2)CN1CC1CSCCS1. The van der Waals surface area contributed by atoms with Crippen LogP contribution in [-0.2, 0) is 0 Å². The van der Waals surface area contributed by atoms with Crippen molar-refractivity contribution in [2.75, 3.05) is 36.9 Å². The highest BCUT2D eigenvalue weighted by atomic mass is 32.2. The quantitative estimate of drug-likeness (QED) is 0.923. The first-order chi connectivity index (χ1) is 9.83. The molecule has 2 nitrogen and oxygen atoms in total. The van der Waals surface area contributed by atoms with Crippen molar-refractivity contribution in [3.05, 3.63) is 35.9 Å². The summed E-state index contributed by atoms with van der Waals surface area (Å²) in [5.41, 5.74) is 1.43. The molecule has 1 N–H and O–H groups in total. The van der Waals surface area contributed by atoms with Gasteiger partial charge in [0.25, 0.3) is 0 Å². The van der Waals surface area contributed by atoms with Gasteiger partial charge in [-0.2, -0.15) is 23.5 Å². The number of rotatable bonds is 3. The minimum atomic E-state index is 0.494. The van der Waals surface area contributed by atoms with Gasteiger partial charge in [-0.25, -0.2) is 0 Å². The van der Waals surface area contributed by atoms with E-state index in [9.17, 15) is 0 Å². The Hall–Kier alpha value is -0.160. The van der Waals surface area contributed by atoms with Gasteiger partial charge in [-0.15, -0.1) is 0 Å². The molecule has 4 heteroatoms. The molecule has 3 rings (SSSR count). The first-order valence-corrected chi connectivity index (χ1v) is 9.75. The van der Waals surface area contributed by atoms with Crippen LogP contribution < -0.4 is 5.32 Å². The molecule has 0 amide bonds. The summed E-state index contributed by atoms with van der Waals surface area (Å²) in [6.07, 6.45) is 0. The molecule has 2 aliphatic heterocycles. The molecule has 0 bridgehead atoms. The number of thioether (sulfide) groups is 2. The first-order valence-electron chi connectivity index (χ1n) is 7.54. The van der Waals surface area contributed by atoms with Crippen LogP contribution in [0.1, 0.15) is 18.5 Å².